The summed E-state index contributed by atoms with van der Waals surface area (Å²) in [6.07, 6.45) is -1.15. The fraction of sp³-hybridized carbons (Fsp3) is 0.235. The third-order valence-corrected chi connectivity index (χ3v) is 5.45. The molecule has 0 spiro atoms. The standard InChI is InChI=1S/C17H15ClF3N7O2S/c1-7(25-15(30)13-26-11(22)6-28(13)2)16-24-5-10(31-16)14(29)27-12-3-8(17(19,20)21)9(18)4-23-12/h3-7H,22H2,1-2H3,(H,25,30)(H,23,27,29)/t7-/m1/s1. The molecule has 164 valence electrons. The summed E-state index contributed by atoms with van der Waals surface area (Å²) in [4.78, 5) is 36.5. The minimum Gasteiger partial charge on any atom is -0.382 e. The molecule has 4 N–H and O–H groups in total. The van der Waals surface area contributed by atoms with Crippen LogP contribution >= 0.6 is 22.9 Å². The van der Waals surface area contributed by atoms with Crippen molar-refractivity contribution in [3.8, 4) is 0 Å². The molecule has 0 aromatic carbocycles. The number of amides is 2. The predicted molar refractivity (Wildman–Crippen MR) is 108 cm³/mol. The average Bonchev–Trinajstić information content (AvgIpc) is 3.29. The number of alkyl halides is 3. The molecule has 3 aromatic rings. The summed E-state index contributed by atoms with van der Waals surface area (Å²) in [5, 5.41) is 4.78. The summed E-state index contributed by atoms with van der Waals surface area (Å²) < 4.78 is 40.3. The third kappa shape index (κ3) is 5.11. The maximum atomic E-state index is 13.0. The molecule has 31 heavy (non-hydrogen) atoms. The molecule has 3 aromatic heterocycles. The van der Waals surface area contributed by atoms with E-state index in [1.165, 1.54) is 17.0 Å². The first-order chi connectivity index (χ1) is 14.5. The number of nitrogens with zero attached hydrogens (tertiary/aromatic N) is 4. The zero-order chi connectivity index (χ0) is 22.9. The Morgan fingerprint density at radius 3 is 2.58 bits per heavy atom. The Labute approximate surface area is 182 Å². The Morgan fingerprint density at radius 2 is 1.97 bits per heavy atom. The highest BCUT2D eigenvalue weighted by atomic mass is 35.5. The lowest BCUT2D eigenvalue weighted by atomic mass is 10.2. The van der Waals surface area contributed by atoms with Crippen LogP contribution < -0.4 is 16.4 Å². The van der Waals surface area contributed by atoms with Crippen molar-refractivity contribution in [1.82, 2.24) is 24.8 Å². The third-order valence-electron chi connectivity index (χ3n) is 3.97. The monoisotopic (exact) mass is 473 g/mol. The van der Waals surface area contributed by atoms with Crippen LogP contribution in [0.25, 0.3) is 0 Å². The highest BCUT2D eigenvalue weighted by molar-refractivity contribution is 7.13. The van der Waals surface area contributed by atoms with Crippen LogP contribution in [0.4, 0.5) is 24.8 Å². The summed E-state index contributed by atoms with van der Waals surface area (Å²) in [7, 11) is 1.61. The van der Waals surface area contributed by atoms with Crippen molar-refractivity contribution >= 4 is 46.4 Å². The van der Waals surface area contributed by atoms with Crippen molar-refractivity contribution in [2.45, 2.75) is 19.1 Å². The van der Waals surface area contributed by atoms with Gasteiger partial charge >= 0.3 is 6.18 Å². The van der Waals surface area contributed by atoms with E-state index < -0.39 is 34.6 Å². The van der Waals surface area contributed by atoms with Gasteiger partial charge in [-0.25, -0.2) is 15.0 Å². The number of aromatic nitrogens is 4. The summed E-state index contributed by atoms with van der Waals surface area (Å²) in [5.74, 6) is -1.21. The number of carbonyl (C=O) groups is 2. The predicted octanol–water partition coefficient (Wildman–Crippen LogP) is 3.27. The number of aryl methyl sites for hydroxylation is 1. The van der Waals surface area contributed by atoms with E-state index in [1.807, 2.05) is 0 Å². The Hall–Kier alpha value is -3.19. The van der Waals surface area contributed by atoms with Crippen LogP contribution in [0.1, 0.15) is 43.8 Å². The minimum absolute atomic E-state index is 0.105. The van der Waals surface area contributed by atoms with Gasteiger partial charge in [-0.05, 0) is 13.0 Å². The van der Waals surface area contributed by atoms with Crippen molar-refractivity contribution in [2.75, 3.05) is 11.1 Å². The Balaban J connectivity index is 1.69. The largest absolute Gasteiger partial charge is 0.418 e. The van der Waals surface area contributed by atoms with E-state index in [-0.39, 0.29) is 22.3 Å². The van der Waals surface area contributed by atoms with Gasteiger partial charge in [0.2, 0.25) is 5.82 Å². The molecule has 0 aliphatic rings. The Morgan fingerprint density at radius 1 is 1.26 bits per heavy atom. The van der Waals surface area contributed by atoms with Crippen molar-refractivity contribution in [3.63, 3.8) is 0 Å². The van der Waals surface area contributed by atoms with Gasteiger partial charge in [-0.1, -0.05) is 11.6 Å². The number of nitrogens with two attached hydrogens (primary N) is 1. The van der Waals surface area contributed by atoms with E-state index in [2.05, 4.69) is 25.6 Å². The second kappa shape index (κ2) is 8.51. The van der Waals surface area contributed by atoms with Gasteiger partial charge in [-0.2, -0.15) is 13.2 Å². The number of rotatable bonds is 5. The lowest BCUT2D eigenvalue weighted by Gasteiger charge is -2.11. The van der Waals surface area contributed by atoms with Crippen LogP contribution in [0.5, 0.6) is 0 Å². The first-order valence-corrected chi connectivity index (χ1v) is 9.74. The Kier molecular flexibility index (Phi) is 6.18. The normalized spacial score (nSPS) is 12.5. The molecule has 0 aliphatic heterocycles. The van der Waals surface area contributed by atoms with Crippen LogP contribution in [0, 0.1) is 0 Å². The molecular weight excluding hydrogens is 459 g/mol. The van der Waals surface area contributed by atoms with Crippen LogP contribution in [0.2, 0.25) is 5.02 Å². The van der Waals surface area contributed by atoms with Crippen molar-refractivity contribution < 1.29 is 22.8 Å². The Bertz CT molecular complexity index is 1150. The smallest absolute Gasteiger partial charge is 0.382 e. The molecule has 2 amide bonds. The zero-order valence-corrected chi connectivity index (χ0v) is 17.6. The molecule has 9 nitrogen and oxygen atoms in total. The van der Waals surface area contributed by atoms with Gasteiger partial charge in [-0.15, -0.1) is 11.3 Å². The van der Waals surface area contributed by atoms with Crippen molar-refractivity contribution in [2.24, 2.45) is 7.05 Å². The van der Waals surface area contributed by atoms with Gasteiger partial charge in [0, 0.05) is 19.4 Å². The van der Waals surface area contributed by atoms with Crippen molar-refractivity contribution in [1.29, 1.82) is 0 Å². The first kappa shape index (κ1) is 22.5. The van der Waals surface area contributed by atoms with E-state index in [1.54, 1.807) is 14.0 Å². The van der Waals surface area contributed by atoms with Crippen LogP contribution in [-0.2, 0) is 13.2 Å². The number of nitrogen functional groups attached to an aromatic ring is 1. The lowest BCUT2D eigenvalue weighted by molar-refractivity contribution is -0.137. The molecule has 3 rings (SSSR count). The number of imidazole rings is 1. The average molecular weight is 474 g/mol. The molecule has 1 atom stereocenters. The van der Waals surface area contributed by atoms with E-state index >= 15 is 0 Å². The molecule has 14 heteroatoms. The zero-order valence-electron chi connectivity index (χ0n) is 16.0. The van der Waals surface area contributed by atoms with Crippen LogP contribution in [0.3, 0.4) is 0 Å². The molecule has 0 saturated heterocycles. The number of pyridine rings is 1. The van der Waals surface area contributed by atoms with Crippen molar-refractivity contribution in [3.05, 3.63) is 51.0 Å². The second-order valence-corrected chi connectivity index (χ2v) is 7.83. The summed E-state index contributed by atoms with van der Waals surface area (Å²) in [5.41, 5.74) is 4.44. The van der Waals surface area contributed by atoms with Gasteiger partial charge in [0.15, 0.2) is 0 Å². The van der Waals surface area contributed by atoms with E-state index in [0.29, 0.717) is 11.1 Å². The van der Waals surface area contributed by atoms with E-state index in [4.69, 9.17) is 17.3 Å². The fourth-order valence-electron chi connectivity index (χ4n) is 2.52. The van der Waals surface area contributed by atoms with Crippen LogP contribution in [-0.4, -0.2) is 31.3 Å². The van der Waals surface area contributed by atoms with Gasteiger partial charge in [-0.3, -0.25) is 9.59 Å². The van der Waals surface area contributed by atoms with Gasteiger partial charge in [0.05, 0.1) is 22.8 Å². The number of carbonyl (C=O) groups excluding carboxylic acids is 2. The number of halogens is 4. The number of hydrogen-bond donors (Lipinski definition) is 3. The SMILES string of the molecule is C[C@@H](NC(=O)c1nc(N)cn1C)c1ncc(C(=O)Nc2cc(C(F)(F)F)c(Cl)cn2)s1. The summed E-state index contributed by atoms with van der Waals surface area (Å²) in [6, 6.07) is 0.0753. The molecule has 0 saturated carbocycles. The highest BCUT2D eigenvalue weighted by Gasteiger charge is 2.34. The summed E-state index contributed by atoms with van der Waals surface area (Å²) >= 11 is 6.48. The van der Waals surface area contributed by atoms with E-state index in [0.717, 1.165) is 17.5 Å². The van der Waals surface area contributed by atoms with Gasteiger partial charge in [0.25, 0.3) is 11.8 Å². The molecular formula is C17H15ClF3N7O2S. The van der Waals surface area contributed by atoms with Gasteiger partial charge < -0.3 is 20.9 Å². The first-order valence-electron chi connectivity index (χ1n) is 8.55. The molecule has 0 radical (unpaired) electrons. The van der Waals surface area contributed by atoms with E-state index in [9.17, 15) is 22.8 Å². The molecule has 0 bridgehead atoms. The maximum Gasteiger partial charge on any atom is 0.418 e. The van der Waals surface area contributed by atoms with Crippen LogP contribution in [0.15, 0.2) is 24.7 Å². The highest BCUT2D eigenvalue weighted by Crippen LogP contribution is 2.35. The molecule has 0 fully saturated rings. The van der Waals surface area contributed by atoms with Gasteiger partial charge in [0.1, 0.15) is 21.5 Å². The fourth-order valence-corrected chi connectivity index (χ4v) is 3.54. The molecule has 0 aliphatic carbocycles. The number of thiazole rings is 1. The maximum absolute atomic E-state index is 13.0. The topological polar surface area (TPSA) is 128 Å². The lowest BCUT2D eigenvalue weighted by Crippen LogP contribution is -2.28. The second-order valence-electron chi connectivity index (χ2n) is 6.36. The number of anilines is 2. The number of hydrogen-bond acceptors (Lipinski definition) is 7. The quantitative estimate of drug-likeness (QED) is 0.521. The molecule has 3 heterocycles. The minimum atomic E-state index is -4.69. The molecule has 0 unspecified atom stereocenters. The number of nitrogens with one attached hydrogen (secondary N) is 2. The summed E-state index contributed by atoms with van der Waals surface area (Å²) in [6.45, 7) is 1.65.